The highest BCUT2D eigenvalue weighted by Gasteiger charge is 2.27. The first-order valence-corrected chi connectivity index (χ1v) is 10.8. The van der Waals surface area contributed by atoms with Crippen LogP contribution in [0.4, 0.5) is 5.69 Å². The highest BCUT2D eigenvalue weighted by atomic mass is 79.9. The zero-order chi connectivity index (χ0) is 20.4. The third-order valence-electron chi connectivity index (χ3n) is 3.56. The van der Waals surface area contributed by atoms with Crippen molar-refractivity contribution in [1.29, 1.82) is 0 Å². The lowest BCUT2D eigenvalue weighted by Gasteiger charge is -2.19. The summed E-state index contributed by atoms with van der Waals surface area (Å²) < 4.78 is 0. The van der Waals surface area contributed by atoms with E-state index in [1.807, 2.05) is 6.26 Å². The number of anilines is 1. The summed E-state index contributed by atoms with van der Waals surface area (Å²) in [5.41, 5.74) is 0.373. The maximum Gasteiger partial charge on any atom is 0.229 e. The summed E-state index contributed by atoms with van der Waals surface area (Å²) >= 11 is 17.3. The van der Waals surface area contributed by atoms with Crippen molar-refractivity contribution in [2.45, 2.75) is 30.8 Å². The van der Waals surface area contributed by atoms with E-state index in [1.165, 1.54) is 23.9 Å². The van der Waals surface area contributed by atoms with Gasteiger partial charge in [0.1, 0.15) is 4.83 Å². The van der Waals surface area contributed by atoms with Gasteiger partial charge in [0.15, 0.2) is 10.9 Å². The molecule has 2 rings (SSSR count). The predicted octanol–water partition coefficient (Wildman–Crippen LogP) is 5.81. The van der Waals surface area contributed by atoms with Gasteiger partial charge in [0.25, 0.3) is 0 Å². The first kappa shape index (κ1) is 22.1. The molecule has 0 aliphatic rings. The molecule has 1 aromatic carbocycles. The molecule has 0 saturated heterocycles. The Hall–Kier alpha value is -1.15. The minimum Gasteiger partial charge on any atom is -0.324 e. The molecule has 0 radical (unpaired) electrons. The average molecular weight is 491 g/mol. The number of ketones is 1. The van der Waals surface area contributed by atoms with Gasteiger partial charge < -0.3 is 5.32 Å². The molecule has 1 unspecified atom stereocenters. The number of nitrogens with one attached hydrogen (secondary N) is 1. The molecular weight excluding hydrogens is 473 g/mol. The lowest BCUT2D eigenvalue weighted by molar-refractivity contribution is -0.123. The molecule has 0 aliphatic carbocycles. The molecule has 1 amide bonds. The maximum atomic E-state index is 13.0. The number of nitrogens with zero attached hydrogens (tertiary/aromatic N) is 2. The van der Waals surface area contributed by atoms with Gasteiger partial charge in [-0.1, -0.05) is 71.7 Å². The fourth-order valence-electron chi connectivity index (χ4n) is 2.03. The third kappa shape index (κ3) is 5.44. The number of rotatable bonds is 5. The van der Waals surface area contributed by atoms with Crippen molar-refractivity contribution in [3.63, 3.8) is 0 Å². The Bertz CT molecular complexity index is 887. The van der Waals surface area contributed by atoms with E-state index in [-0.39, 0.29) is 22.3 Å². The van der Waals surface area contributed by atoms with Crippen LogP contribution in [-0.2, 0) is 4.79 Å². The van der Waals surface area contributed by atoms with E-state index >= 15 is 0 Å². The number of hydrogen-bond acceptors (Lipinski definition) is 5. The number of amides is 1. The van der Waals surface area contributed by atoms with Crippen molar-refractivity contribution in [3.8, 4) is 0 Å². The van der Waals surface area contributed by atoms with Gasteiger partial charge in [-0.2, -0.15) is 0 Å². The molecule has 5 nitrogen and oxygen atoms in total. The SMILES string of the molecule is CSc1nccc(C(Br)C(=O)c2cc(Cl)cc(NC(=O)C(C)(C)C)c2Cl)n1. The molecule has 0 saturated carbocycles. The van der Waals surface area contributed by atoms with E-state index < -0.39 is 10.2 Å². The summed E-state index contributed by atoms with van der Waals surface area (Å²) in [6.45, 7) is 5.33. The number of thioether (sulfide) groups is 1. The van der Waals surface area contributed by atoms with Crippen molar-refractivity contribution in [3.05, 3.63) is 45.7 Å². The predicted molar refractivity (Wildman–Crippen MR) is 114 cm³/mol. The number of Topliss-reactive ketones (excluding diaryl/α,β-unsaturated/α-hetero) is 1. The van der Waals surface area contributed by atoms with Gasteiger partial charge in [-0.15, -0.1) is 0 Å². The van der Waals surface area contributed by atoms with Crippen LogP contribution in [-0.4, -0.2) is 27.9 Å². The number of alkyl halides is 1. The van der Waals surface area contributed by atoms with Gasteiger partial charge in [-0.25, -0.2) is 9.97 Å². The quantitative estimate of drug-likeness (QED) is 0.248. The Morgan fingerprint density at radius 3 is 2.52 bits per heavy atom. The Morgan fingerprint density at radius 1 is 1.26 bits per heavy atom. The first-order chi connectivity index (χ1) is 12.5. The van der Waals surface area contributed by atoms with Gasteiger partial charge in [-0.05, 0) is 24.5 Å². The van der Waals surface area contributed by atoms with Crippen molar-refractivity contribution in [2.24, 2.45) is 5.41 Å². The molecule has 1 aromatic heterocycles. The summed E-state index contributed by atoms with van der Waals surface area (Å²) in [4.78, 5) is 33.0. The summed E-state index contributed by atoms with van der Waals surface area (Å²) in [5, 5.41) is 3.71. The van der Waals surface area contributed by atoms with E-state index in [0.717, 1.165) is 0 Å². The normalized spacial score (nSPS) is 12.6. The standard InChI is InChI=1S/C18H18BrCl2N3O2S/c1-18(2,3)16(26)23-12-8-9(20)7-10(14(12)21)15(25)13(19)11-5-6-22-17(24-11)27-4/h5-8,13H,1-4H3,(H,23,26). The van der Waals surface area contributed by atoms with Crippen molar-refractivity contribution >= 4 is 68.3 Å². The molecule has 1 N–H and O–H groups in total. The molecule has 2 aromatic rings. The van der Waals surface area contributed by atoms with Gasteiger partial charge >= 0.3 is 0 Å². The van der Waals surface area contributed by atoms with Crippen molar-refractivity contribution in [1.82, 2.24) is 9.97 Å². The van der Waals surface area contributed by atoms with Crippen LogP contribution >= 0.6 is 50.9 Å². The Morgan fingerprint density at radius 2 is 1.93 bits per heavy atom. The molecule has 0 aliphatic heterocycles. The molecule has 144 valence electrons. The number of carbonyl (C=O) groups is 2. The lowest BCUT2D eigenvalue weighted by Crippen LogP contribution is -2.28. The Balaban J connectivity index is 2.39. The second-order valence-corrected chi connectivity index (χ2v) is 9.22. The molecular formula is C18H18BrCl2N3O2S. The van der Waals surface area contributed by atoms with Gasteiger partial charge in [-0.3, -0.25) is 9.59 Å². The number of halogens is 3. The fourth-order valence-corrected chi connectivity index (χ4v) is 3.37. The van der Waals surface area contributed by atoms with Crippen LogP contribution in [0.25, 0.3) is 0 Å². The molecule has 0 fully saturated rings. The molecule has 1 heterocycles. The van der Waals surface area contributed by atoms with E-state index in [2.05, 4.69) is 31.2 Å². The minimum atomic E-state index is -0.728. The highest BCUT2D eigenvalue weighted by Crippen LogP contribution is 2.36. The first-order valence-electron chi connectivity index (χ1n) is 7.90. The maximum absolute atomic E-state index is 13.0. The van der Waals surface area contributed by atoms with Crippen LogP contribution in [0, 0.1) is 5.41 Å². The number of carbonyl (C=O) groups excluding carboxylic acids is 2. The van der Waals surface area contributed by atoms with Gasteiger partial charge in [0.2, 0.25) is 5.91 Å². The molecule has 0 spiro atoms. The van der Waals surface area contributed by atoms with Gasteiger partial charge in [0, 0.05) is 22.2 Å². The highest BCUT2D eigenvalue weighted by molar-refractivity contribution is 9.09. The molecule has 9 heteroatoms. The van der Waals surface area contributed by atoms with Crippen LogP contribution in [0.5, 0.6) is 0 Å². The van der Waals surface area contributed by atoms with Crippen LogP contribution in [0.2, 0.25) is 10.0 Å². The zero-order valence-corrected chi connectivity index (χ0v) is 19.1. The Kier molecular flexibility index (Phi) is 7.30. The molecule has 1 atom stereocenters. The van der Waals surface area contributed by atoms with Crippen LogP contribution < -0.4 is 5.32 Å². The summed E-state index contributed by atoms with van der Waals surface area (Å²) in [5.74, 6) is -0.555. The smallest absolute Gasteiger partial charge is 0.229 e. The van der Waals surface area contributed by atoms with E-state index in [4.69, 9.17) is 23.2 Å². The Labute approximate surface area is 180 Å². The zero-order valence-electron chi connectivity index (χ0n) is 15.1. The number of benzene rings is 1. The second kappa shape index (κ2) is 8.90. The second-order valence-electron chi connectivity index (χ2n) is 6.71. The fraction of sp³-hybridized carbons (Fsp3) is 0.333. The monoisotopic (exact) mass is 489 g/mol. The third-order valence-corrected chi connectivity index (χ3v) is 5.63. The largest absolute Gasteiger partial charge is 0.324 e. The summed E-state index contributed by atoms with van der Waals surface area (Å²) in [6, 6.07) is 4.64. The van der Waals surface area contributed by atoms with Gasteiger partial charge in [0.05, 0.1) is 16.4 Å². The molecule has 0 bridgehead atoms. The summed E-state index contributed by atoms with van der Waals surface area (Å²) in [6.07, 6.45) is 3.44. The van der Waals surface area contributed by atoms with E-state index in [0.29, 0.717) is 21.6 Å². The minimum absolute atomic E-state index is 0.130. The lowest BCUT2D eigenvalue weighted by atomic mass is 9.95. The van der Waals surface area contributed by atoms with Crippen molar-refractivity contribution < 1.29 is 9.59 Å². The van der Waals surface area contributed by atoms with Crippen molar-refractivity contribution in [2.75, 3.05) is 11.6 Å². The average Bonchev–Trinajstić information content (AvgIpc) is 2.62. The van der Waals surface area contributed by atoms with Crippen LogP contribution in [0.3, 0.4) is 0 Å². The number of hydrogen-bond donors (Lipinski definition) is 1. The molecule has 27 heavy (non-hydrogen) atoms. The van der Waals surface area contributed by atoms with E-state index in [1.54, 1.807) is 33.0 Å². The topological polar surface area (TPSA) is 72.0 Å². The van der Waals surface area contributed by atoms with Crippen LogP contribution in [0.1, 0.15) is 41.7 Å². The number of aromatic nitrogens is 2. The summed E-state index contributed by atoms with van der Waals surface area (Å²) in [7, 11) is 0. The van der Waals surface area contributed by atoms with E-state index in [9.17, 15) is 9.59 Å². The van der Waals surface area contributed by atoms with Crippen LogP contribution in [0.15, 0.2) is 29.6 Å².